The highest BCUT2D eigenvalue weighted by Gasteiger charge is 2.01. The molecule has 2 N–H and O–H groups in total. The van der Waals surface area contributed by atoms with Gasteiger partial charge in [-0.3, -0.25) is 0 Å². The molecular formula is C14H12Cl2N2S. The molecule has 0 aliphatic carbocycles. The third-order valence-electron chi connectivity index (χ3n) is 2.51. The lowest BCUT2D eigenvalue weighted by molar-refractivity contribution is 1.46. The second kappa shape index (κ2) is 6.24. The zero-order valence-corrected chi connectivity index (χ0v) is 12.5. The molecule has 0 bridgehead atoms. The zero-order valence-electron chi connectivity index (χ0n) is 10.2. The summed E-state index contributed by atoms with van der Waals surface area (Å²) in [6.07, 6.45) is 0. The Morgan fingerprint density at radius 1 is 1.00 bits per heavy atom. The molecule has 0 radical (unpaired) electrons. The molecule has 0 saturated heterocycles. The monoisotopic (exact) mass is 310 g/mol. The molecule has 0 saturated carbocycles. The van der Waals surface area contributed by atoms with Crippen LogP contribution in [-0.4, -0.2) is 5.11 Å². The number of anilines is 2. The molecular weight excluding hydrogens is 299 g/mol. The lowest BCUT2D eigenvalue weighted by Gasteiger charge is -2.11. The van der Waals surface area contributed by atoms with Crippen molar-refractivity contribution in [2.75, 3.05) is 10.6 Å². The molecule has 2 aromatic carbocycles. The van der Waals surface area contributed by atoms with Gasteiger partial charge in [-0.1, -0.05) is 35.3 Å². The van der Waals surface area contributed by atoms with Crippen LogP contribution >= 0.6 is 35.4 Å². The second-order valence-electron chi connectivity index (χ2n) is 4.05. The van der Waals surface area contributed by atoms with Gasteiger partial charge in [-0.25, -0.2) is 0 Å². The fraction of sp³-hybridized carbons (Fsp3) is 0.0714. The Hall–Kier alpha value is -1.29. The molecule has 2 nitrogen and oxygen atoms in total. The SMILES string of the molecule is Cc1ccc(NC(=S)Nc2cccc(Cl)c2)cc1Cl. The summed E-state index contributed by atoms with van der Waals surface area (Å²) in [7, 11) is 0. The van der Waals surface area contributed by atoms with E-state index in [9.17, 15) is 0 Å². The van der Waals surface area contributed by atoms with E-state index in [4.69, 9.17) is 35.4 Å². The van der Waals surface area contributed by atoms with Crippen molar-refractivity contribution in [3.8, 4) is 0 Å². The van der Waals surface area contributed by atoms with Crippen molar-refractivity contribution in [3.63, 3.8) is 0 Å². The third kappa shape index (κ3) is 4.10. The Morgan fingerprint density at radius 2 is 1.68 bits per heavy atom. The Labute approximate surface area is 127 Å². The van der Waals surface area contributed by atoms with Gasteiger partial charge in [0.2, 0.25) is 0 Å². The fourth-order valence-electron chi connectivity index (χ4n) is 1.53. The van der Waals surface area contributed by atoms with Crippen LogP contribution in [0.25, 0.3) is 0 Å². The maximum absolute atomic E-state index is 6.06. The summed E-state index contributed by atoms with van der Waals surface area (Å²) in [5.41, 5.74) is 2.71. The molecule has 2 rings (SSSR count). The van der Waals surface area contributed by atoms with Crippen molar-refractivity contribution in [1.29, 1.82) is 0 Å². The quantitative estimate of drug-likeness (QED) is 0.754. The molecule has 19 heavy (non-hydrogen) atoms. The summed E-state index contributed by atoms with van der Waals surface area (Å²) in [5, 5.41) is 7.98. The highest BCUT2D eigenvalue weighted by molar-refractivity contribution is 7.80. The van der Waals surface area contributed by atoms with E-state index in [1.54, 1.807) is 6.07 Å². The minimum Gasteiger partial charge on any atom is -0.332 e. The minimum absolute atomic E-state index is 0.488. The van der Waals surface area contributed by atoms with Crippen molar-refractivity contribution < 1.29 is 0 Å². The average molecular weight is 311 g/mol. The first-order valence-corrected chi connectivity index (χ1v) is 6.81. The van der Waals surface area contributed by atoms with Gasteiger partial charge in [-0.15, -0.1) is 0 Å². The topological polar surface area (TPSA) is 24.1 Å². The lowest BCUT2D eigenvalue weighted by atomic mass is 10.2. The number of hydrogen-bond donors (Lipinski definition) is 2. The van der Waals surface area contributed by atoms with Gasteiger partial charge in [0.05, 0.1) is 0 Å². The number of nitrogens with one attached hydrogen (secondary N) is 2. The summed E-state index contributed by atoms with van der Waals surface area (Å²) < 4.78 is 0. The van der Waals surface area contributed by atoms with Gasteiger partial charge in [0, 0.05) is 21.4 Å². The lowest BCUT2D eigenvalue weighted by Crippen LogP contribution is -2.18. The zero-order chi connectivity index (χ0) is 13.8. The molecule has 0 atom stereocenters. The van der Waals surface area contributed by atoms with Gasteiger partial charge in [0.25, 0.3) is 0 Å². The minimum atomic E-state index is 0.488. The number of benzene rings is 2. The van der Waals surface area contributed by atoms with Crippen molar-refractivity contribution >= 4 is 51.9 Å². The molecule has 0 fully saturated rings. The highest BCUT2D eigenvalue weighted by Crippen LogP contribution is 2.20. The Balaban J connectivity index is 2.03. The van der Waals surface area contributed by atoms with Crippen LogP contribution in [0, 0.1) is 6.92 Å². The smallest absolute Gasteiger partial charge is 0.175 e. The summed E-state index contributed by atoms with van der Waals surface area (Å²) in [5.74, 6) is 0. The molecule has 98 valence electrons. The molecule has 5 heteroatoms. The average Bonchev–Trinajstić information content (AvgIpc) is 2.34. The van der Waals surface area contributed by atoms with E-state index in [0.717, 1.165) is 16.9 Å². The van der Waals surface area contributed by atoms with Gasteiger partial charge in [0.15, 0.2) is 5.11 Å². The summed E-state index contributed by atoms with van der Waals surface area (Å²) >= 11 is 17.2. The standard InChI is InChI=1S/C14H12Cl2N2S/c1-9-5-6-12(8-13(9)16)18-14(19)17-11-4-2-3-10(15)7-11/h2-8H,1H3,(H2,17,18,19). The molecule has 2 aromatic rings. The van der Waals surface area contributed by atoms with E-state index in [1.807, 2.05) is 43.3 Å². The van der Waals surface area contributed by atoms with Crippen LogP contribution in [0.4, 0.5) is 11.4 Å². The largest absolute Gasteiger partial charge is 0.332 e. The fourth-order valence-corrected chi connectivity index (χ4v) is 2.14. The number of hydrogen-bond acceptors (Lipinski definition) is 1. The van der Waals surface area contributed by atoms with Crippen molar-refractivity contribution in [3.05, 3.63) is 58.1 Å². The van der Waals surface area contributed by atoms with E-state index in [0.29, 0.717) is 15.2 Å². The first kappa shape index (κ1) is 14.1. The van der Waals surface area contributed by atoms with E-state index in [2.05, 4.69) is 10.6 Å². The number of aryl methyl sites for hydroxylation is 1. The Bertz CT molecular complexity index is 614. The van der Waals surface area contributed by atoms with Gasteiger partial charge in [-0.2, -0.15) is 0 Å². The predicted octanol–water partition coefficient (Wildman–Crippen LogP) is 5.11. The van der Waals surface area contributed by atoms with Crippen LogP contribution in [0.1, 0.15) is 5.56 Å². The van der Waals surface area contributed by atoms with E-state index >= 15 is 0 Å². The third-order valence-corrected chi connectivity index (χ3v) is 3.36. The molecule has 0 aromatic heterocycles. The Kier molecular flexibility index (Phi) is 4.64. The van der Waals surface area contributed by atoms with Crippen LogP contribution in [-0.2, 0) is 0 Å². The van der Waals surface area contributed by atoms with Crippen LogP contribution in [0.15, 0.2) is 42.5 Å². The second-order valence-corrected chi connectivity index (χ2v) is 5.31. The van der Waals surface area contributed by atoms with E-state index < -0.39 is 0 Å². The maximum Gasteiger partial charge on any atom is 0.175 e. The Morgan fingerprint density at radius 3 is 2.32 bits per heavy atom. The van der Waals surface area contributed by atoms with Crippen LogP contribution in [0.5, 0.6) is 0 Å². The summed E-state index contributed by atoms with van der Waals surface area (Å²) in [6.45, 7) is 1.95. The molecule has 0 aliphatic rings. The van der Waals surface area contributed by atoms with E-state index in [-0.39, 0.29) is 0 Å². The number of rotatable bonds is 2. The van der Waals surface area contributed by atoms with Crippen molar-refractivity contribution in [1.82, 2.24) is 0 Å². The van der Waals surface area contributed by atoms with Gasteiger partial charge < -0.3 is 10.6 Å². The van der Waals surface area contributed by atoms with Crippen molar-refractivity contribution in [2.24, 2.45) is 0 Å². The predicted molar refractivity (Wildman–Crippen MR) is 87.5 cm³/mol. The maximum atomic E-state index is 6.06. The summed E-state index contributed by atoms with van der Waals surface area (Å²) in [4.78, 5) is 0. The molecule has 0 aliphatic heterocycles. The number of thiocarbonyl (C=S) groups is 1. The highest BCUT2D eigenvalue weighted by atomic mass is 35.5. The molecule has 0 unspecified atom stereocenters. The van der Waals surface area contributed by atoms with Crippen molar-refractivity contribution in [2.45, 2.75) is 6.92 Å². The normalized spacial score (nSPS) is 10.1. The van der Waals surface area contributed by atoms with Gasteiger partial charge >= 0.3 is 0 Å². The van der Waals surface area contributed by atoms with E-state index in [1.165, 1.54) is 0 Å². The molecule has 0 amide bonds. The first-order valence-electron chi connectivity index (χ1n) is 5.64. The number of halogens is 2. The van der Waals surface area contributed by atoms with Crippen LogP contribution in [0.3, 0.4) is 0 Å². The summed E-state index contributed by atoms with van der Waals surface area (Å²) in [6, 6.07) is 13.1. The van der Waals surface area contributed by atoms with Gasteiger partial charge in [-0.05, 0) is 55.0 Å². The van der Waals surface area contributed by atoms with Gasteiger partial charge in [0.1, 0.15) is 0 Å². The molecule has 0 spiro atoms. The van der Waals surface area contributed by atoms with Crippen LogP contribution < -0.4 is 10.6 Å². The van der Waals surface area contributed by atoms with Crippen LogP contribution in [0.2, 0.25) is 10.0 Å². The molecule has 0 heterocycles. The first-order chi connectivity index (χ1) is 9.04.